The molecule has 0 spiro atoms. The molecule has 1 aliphatic heterocycles. The van der Waals surface area contributed by atoms with Gasteiger partial charge in [-0.3, -0.25) is 0 Å². The molecule has 1 aliphatic rings. The summed E-state index contributed by atoms with van der Waals surface area (Å²) < 4.78 is 6.98. The highest BCUT2D eigenvalue weighted by atomic mass is 35.5. The van der Waals surface area contributed by atoms with Crippen LogP contribution in [0.25, 0.3) is 10.2 Å². The zero-order chi connectivity index (χ0) is 18.0. The summed E-state index contributed by atoms with van der Waals surface area (Å²) in [7, 11) is 0. The zero-order valence-corrected chi connectivity index (χ0v) is 16.0. The van der Waals surface area contributed by atoms with Crippen molar-refractivity contribution < 1.29 is 14.3 Å². The van der Waals surface area contributed by atoms with Gasteiger partial charge in [0.25, 0.3) is 0 Å². The molecule has 3 rings (SSSR count). The van der Waals surface area contributed by atoms with Gasteiger partial charge in [0.05, 0.1) is 28.4 Å². The maximum absolute atomic E-state index is 12.2. The molecule has 0 bridgehead atoms. The molecule has 0 saturated carbocycles. The highest BCUT2D eigenvalue weighted by Gasteiger charge is 2.29. The Morgan fingerprint density at radius 2 is 2.28 bits per heavy atom. The van der Waals surface area contributed by atoms with E-state index < -0.39 is 12.0 Å². The van der Waals surface area contributed by atoms with Crippen LogP contribution in [0.2, 0.25) is 5.02 Å². The predicted molar refractivity (Wildman–Crippen MR) is 100 cm³/mol. The quantitative estimate of drug-likeness (QED) is 0.595. The van der Waals surface area contributed by atoms with Crippen molar-refractivity contribution in [1.29, 1.82) is 0 Å². The number of urea groups is 1. The van der Waals surface area contributed by atoms with Crippen LogP contribution in [-0.2, 0) is 9.53 Å². The van der Waals surface area contributed by atoms with Gasteiger partial charge in [-0.25, -0.2) is 14.6 Å². The summed E-state index contributed by atoms with van der Waals surface area (Å²) in [6.07, 6.45) is 0. The average molecular weight is 398 g/mol. The molecule has 2 N–H and O–H groups in total. The maximum atomic E-state index is 12.2. The van der Waals surface area contributed by atoms with E-state index in [2.05, 4.69) is 15.6 Å². The summed E-state index contributed by atoms with van der Waals surface area (Å²) in [4.78, 5) is 28.5. The first-order valence-corrected chi connectivity index (χ1v) is 9.82. The number of nitrogens with zero attached hydrogens (tertiary/aromatic N) is 1. The van der Waals surface area contributed by atoms with E-state index >= 15 is 0 Å². The number of aromatic nitrogens is 1. The van der Waals surface area contributed by atoms with E-state index in [1.165, 1.54) is 11.8 Å². The van der Waals surface area contributed by atoms with Gasteiger partial charge in [0.2, 0.25) is 0 Å². The predicted octanol–water partition coefficient (Wildman–Crippen LogP) is 3.56. The minimum Gasteiger partial charge on any atom is -0.463 e. The molecule has 2 amide bonds. The molecule has 1 aromatic carbocycles. The molecular weight excluding hydrogens is 382 g/mol. The Balaban J connectivity index is 1.82. The Morgan fingerprint density at radius 1 is 1.48 bits per heavy atom. The Bertz CT molecular complexity index is 865. The van der Waals surface area contributed by atoms with Gasteiger partial charge >= 0.3 is 12.0 Å². The van der Waals surface area contributed by atoms with Gasteiger partial charge in [0, 0.05) is 16.5 Å². The third kappa shape index (κ3) is 4.08. The van der Waals surface area contributed by atoms with Gasteiger partial charge in [-0.05, 0) is 32.0 Å². The fourth-order valence-electron chi connectivity index (χ4n) is 2.47. The number of esters is 1. The first-order chi connectivity index (χ1) is 12.0. The molecule has 9 heteroatoms. The van der Waals surface area contributed by atoms with Crippen LogP contribution in [0, 0.1) is 0 Å². The number of carbonyl (C=O) groups excluding carboxylic acids is 2. The molecule has 0 aliphatic carbocycles. The number of ether oxygens (including phenoxy) is 1. The highest BCUT2D eigenvalue weighted by molar-refractivity contribution is 8.01. The molecule has 0 radical (unpaired) electrons. The number of hydrogen-bond donors (Lipinski definition) is 2. The number of thiazole rings is 1. The third-order valence-electron chi connectivity index (χ3n) is 3.54. The molecule has 2 heterocycles. The van der Waals surface area contributed by atoms with Crippen molar-refractivity contribution in [3.63, 3.8) is 0 Å². The van der Waals surface area contributed by atoms with E-state index in [-0.39, 0.29) is 12.6 Å². The van der Waals surface area contributed by atoms with Crippen molar-refractivity contribution in [2.24, 2.45) is 0 Å². The van der Waals surface area contributed by atoms with Gasteiger partial charge in [0.1, 0.15) is 0 Å². The molecule has 25 heavy (non-hydrogen) atoms. The molecule has 0 saturated heterocycles. The van der Waals surface area contributed by atoms with Crippen LogP contribution in [0.1, 0.15) is 13.8 Å². The molecule has 1 atom stereocenters. The van der Waals surface area contributed by atoms with E-state index in [9.17, 15) is 9.59 Å². The number of amides is 2. The monoisotopic (exact) mass is 397 g/mol. The lowest BCUT2D eigenvalue weighted by atomic mass is 10.1. The maximum Gasteiger partial charge on any atom is 0.337 e. The number of fused-ring (bicyclic) bond motifs is 1. The first kappa shape index (κ1) is 18.0. The number of rotatable bonds is 5. The second kappa shape index (κ2) is 7.63. The SMILES string of the molecule is CCOC(=O)C1=C(CSc2nc3cc(Cl)ccc3s2)NC(=O)NC1C. The summed E-state index contributed by atoms with van der Waals surface area (Å²) in [5, 5.41) is 6.03. The fourth-order valence-corrected chi connectivity index (χ4v) is 4.65. The Morgan fingerprint density at radius 3 is 3.04 bits per heavy atom. The molecular formula is C16H16ClN3O3S2. The van der Waals surface area contributed by atoms with Crippen molar-refractivity contribution in [1.82, 2.24) is 15.6 Å². The Hall–Kier alpha value is -1.77. The summed E-state index contributed by atoms with van der Waals surface area (Å²) in [5.74, 6) is -0.00592. The lowest BCUT2D eigenvalue weighted by Gasteiger charge is -2.26. The third-order valence-corrected chi connectivity index (χ3v) is 5.98. The van der Waals surface area contributed by atoms with Crippen LogP contribution >= 0.6 is 34.7 Å². The van der Waals surface area contributed by atoms with Crippen LogP contribution < -0.4 is 10.6 Å². The standard InChI is InChI=1S/C16H16ClN3O3S2/c1-3-23-14(21)13-8(2)18-15(22)19-11(13)7-24-16-20-10-6-9(17)4-5-12(10)25-16/h4-6,8H,3,7H2,1-2H3,(H2,18,19,22). The Kier molecular flexibility index (Phi) is 5.51. The Labute approximate surface area is 158 Å². The molecule has 1 aromatic heterocycles. The van der Waals surface area contributed by atoms with Crippen molar-refractivity contribution in [2.75, 3.05) is 12.4 Å². The van der Waals surface area contributed by atoms with Gasteiger partial charge in [-0.15, -0.1) is 11.3 Å². The van der Waals surface area contributed by atoms with Crippen LogP contribution in [0.5, 0.6) is 0 Å². The second-order valence-corrected chi connectivity index (χ2v) is 8.00. The first-order valence-electron chi connectivity index (χ1n) is 7.64. The van der Waals surface area contributed by atoms with E-state index in [1.807, 2.05) is 18.2 Å². The molecule has 0 fully saturated rings. The van der Waals surface area contributed by atoms with E-state index in [4.69, 9.17) is 16.3 Å². The van der Waals surface area contributed by atoms with Crippen LogP contribution in [-0.4, -0.2) is 35.4 Å². The van der Waals surface area contributed by atoms with E-state index in [1.54, 1.807) is 25.2 Å². The van der Waals surface area contributed by atoms with Gasteiger partial charge in [-0.2, -0.15) is 0 Å². The normalized spacial score (nSPS) is 17.4. The topological polar surface area (TPSA) is 80.3 Å². The minimum absolute atomic E-state index is 0.280. The summed E-state index contributed by atoms with van der Waals surface area (Å²) in [6, 6.07) is 4.84. The zero-order valence-electron chi connectivity index (χ0n) is 13.6. The van der Waals surface area contributed by atoms with Crippen molar-refractivity contribution in [2.45, 2.75) is 24.2 Å². The number of nitrogens with one attached hydrogen (secondary N) is 2. The van der Waals surface area contributed by atoms with Crippen molar-refractivity contribution in [3.05, 3.63) is 34.5 Å². The number of carbonyl (C=O) groups is 2. The number of thioether (sulfide) groups is 1. The average Bonchev–Trinajstić information content (AvgIpc) is 2.94. The number of halogens is 1. The molecule has 2 aromatic rings. The molecule has 6 nitrogen and oxygen atoms in total. The highest BCUT2D eigenvalue weighted by Crippen LogP contribution is 2.32. The number of benzene rings is 1. The van der Waals surface area contributed by atoms with Crippen molar-refractivity contribution >= 4 is 56.9 Å². The smallest absolute Gasteiger partial charge is 0.337 e. The molecule has 132 valence electrons. The summed E-state index contributed by atoms with van der Waals surface area (Å²) in [6.45, 7) is 3.79. The lowest BCUT2D eigenvalue weighted by Crippen LogP contribution is -2.49. The summed E-state index contributed by atoms with van der Waals surface area (Å²) >= 11 is 8.99. The summed E-state index contributed by atoms with van der Waals surface area (Å²) in [5.41, 5.74) is 1.83. The van der Waals surface area contributed by atoms with Gasteiger partial charge < -0.3 is 15.4 Å². The number of hydrogen-bond acceptors (Lipinski definition) is 6. The van der Waals surface area contributed by atoms with E-state index in [0.717, 1.165) is 14.6 Å². The van der Waals surface area contributed by atoms with Gasteiger partial charge in [0.15, 0.2) is 4.34 Å². The van der Waals surface area contributed by atoms with E-state index in [0.29, 0.717) is 22.0 Å². The lowest BCUT2D eigenvalue weighted by molar-refractivity contribution is -0.138. The van der Waals surface area contributed by atoms with Crippen LogP contribution in [0.4, 0.5) is 4.79 Å². The van der Waals surface area contributed by atoms with Crippen LogP contribution in [0.15, 0.2) is 33.8 Å². The largest absolute Gasteiger partial charge is 0.463 e. The molecule has 1 unspecified atom stereocenters. The minimum atomic E-state index is -0.422. The fraction of sp³-hybridized carbons (Fsp3) is 0.312. The van der Waals surface area contributed by atoms with Gasteiger partial charge in [-0.1, -0.05) is 23.4 Å². The van der Waals surface area contributed by atoms with Crippen molar-refractivity contribution in [3.8, 4) is 0 Å². The second-order valence-electron chi connectivity index (χ2n) is 5.31. The van der Waals surface area contributed by atoms with Crippen LogP contribution in [0.3, 0.4) is 0 Å².